The van der Waals surface area contributed by atoms with Crippen LogP contribution in [0.5, 0.6) is 5.88 Å². The van der Waals surface area contributed by atoms with Crippen molar-refractivity contribution >= 4 is 27.6 Å². The Morgan fingerprint density at radius 1 is 1.21 bits per heavy atom. The molecule has 3 aromatic rings. The molecule has 3 aromatic heterocycles. The second-order valence-corrected chi connectivity index (χ2v) is 10.2. The number of aromatic amines is 1. The minimum atomic E-state index is -3.59. The van der Waals surface area contributed by atoms with Gasteiger partial charge >= 0.3 is 0 Å². The standard InChI is InChI=1S/C21H26N8O4S/c1-33-20-10-18(24-19-9-14(12-30)27-28-19)25-21(26-20)23-13-7-15-4-5-16(8-13)29(15)34(31,32)17-3-2-6-22-11-17/h2-3,6,9-11,13,15-16,30H,4-5,7-8,12H2,1H3,(H3,23,24,25,26,27,28)/t13?,15-,16+. The van der Waals surface area contributed by atoms with Gasteiger partial charge < -0.3 is 20.5 Å². The van der Waals surface area contributed by atoms with Gasteiger partial charge in [-0.25, -0.2) is 8.42 Å². The monoisotopic (exact) mass is 486 g/mol. The fourth-order valence-corrected chi connectivity index (χ4v) is 6.60. The third kappa shape index (κ3) is 4.41. The summed E-state index contributed by atoms with van der Waals surface area (Å²) in [5.41, 5.74) is 0.574. The van der Waals surface area contributed by atoms with E-state index in [1.54, 1.807) is 34.8 Å². The highest BCUT2D eigenvalue weighted by Gasteiger charge is 2.47. The molecule has 5 rings (SSSR count). The highest BCUT2D eigenvalue weighted by atomic mass is 32.2. The summed E-state index contributed by atoms with van der Waals surface area (Å²) in [4.78, 5) is 13.1. The van der Waals surface area contributed by atoms with Gasteiger partial charge in [-0.05, 0) is 37.8 Å². The lowest BCUT2D eigenvalue weighted by atomic mass is 10.00. The number of aromatic nitrogens is 5. The van der Waals surface area contributed by atoms with Gasteiger partial charge in [-0.3, -0.25) is 10.1 Å². The number of rotatable bonds is 8. The summed E-state index contributed by atoms with van der Waals surface area (Å²) < 4.78 is 33.4. The highest BCUT2D eigenvalue weighted by molar-refractivity contribution is 7.89. The molecule has 2 fully saturated rings. The number of ether oxygens (including phenoxy) is 1. The van der Waals surface area contributed by atoms with Crippen LogP contribution in [0.1, 0.15) is 31.4 Å². The fraction of sp³-hybridized carbons (Fsp3) is 0.429. The summed E-state index contributed by atoms with van der Waals surface area (Å²) in [6.07, 6.45) is 5.91. The lowest BCUT2D eigenvalue weighted by Gasteiger charge is -2.38. The van der Waals surface area contributed by atoms with Crippen LogP contribution in [0.2, 0.25) is 0 Å². The van der Waals surface area contributed by atoms with Gasteiger partial charge in [0, 0.05) is 42.7 Å². The number of methoxy groups -OCH3 is 1. The van der Waals surface area contributed by atoms with Gasteiger partial charge in [-0.2, -0.15) is 19.4 Å². The minimum Gasteiger partial charge on any atom is -0.481 e. The zero-order valence-electron chi connectivity index (χ0n) is 18.5. The van der Waals surface area contributed by atoms with Crippen molar-refractivity contribution in [2.24, 2.45) is 0 Å². The van der Waals surface area contributed by atoms with Gasteiger partial charge in [0.05, 0.1) is 19.4 Å². The predicted molar refractivity (Wildman–Crippen MR) is 123 cm³/mol. The summed E-state index contributed by atoms with van der Waals surface area (Å²) in [5, 5.41) is 22.4. The highest BCUT2D eigenvalue weighted by Crippen LogP contribution is 2.40. The molecule has 4 N–H and O–H groups in total. The SMILES string of the molecule is COc1cc(Nc2cc(CO)[nH]n2)nc(NC2C[C@H]3CC[C@@H](C2)N3S(=O)(=O)c2cccnc2)n1. The first-order valence-electron chi connectivity index (χ1n) is 11.0. The average molecular weight is 487 g/mol. The topological polar surface area (TPSA) is 158 Å². The number of pyridine rings is 1. The Kier molecular flexibility index (Phi) is 6.06. The van der Waals surface area contributed by atoms with Crippen LogP contribution >= 0.6 is 0 Å². The predicted octanol–water partition coefficient (Wildman–Crippen LogP) is 1.64. The van der Waals surface area contributed by atoms with Gasteiger partial charge in [-0.1, -0.05) is 0 Å². The van der Waals surface area contributed by atoms with E-state index in [4.69, 9.17) is 4.74 Å². The number of hydrogen-bond donors (Lipinski definition) is 4. The lowest BCUT2D eigenvalue weighted by molar-refractivity contribution is 0.234. The van der Waals surface area contributed by atoms with Crippen LogP contribution in [0, 0.1) is 0 Å². The quantitative estimate of drug-likeness (QED) is 0.369. The van der Waals surface area contributed by atoms with E-state index < -0.39 is 10.0 Å². The van der Waals surface area contributed by atoms with Crippen molar-refractivity contribution in [2.75, 3.05) is 17.7 Å². The number of piperidine rings is 1. The molecule has 0 aromatic carbocycles. The zero-order chi connectivity index (χ0) is 23.7. The second-order valence-electron chi connectivity index (χ2n) is 8.40. The van der Waals surface area contributed by atoms with Gasteiger partial charge in [0.15, 0.2) is 5.82 Å². The summed E-state index contributed by atoms with van der Waals surface area (Å²) in [5.74, 6) is 1.73. The third-order valence-electron chi connectivity index (χ3n) is 6.18. The molecule has 0 saturated carbocycles. The first-order chi connectivity index (χ1) is 16.5. The van der Waals surface area contributed by atoms with Crippen LogP contribution in [0.4, 0.5) is 17.6 Å². The number of nitrogens with zero attached hydrogens (tertiary/aromatic N) is 5. The van der Waals surface area contributed by atoms with Crippen LogP contribution in [-0.4, -0.2) is 68.2 Å². The number of sulfonamides is 1. The Morgan fingerprint density at radius 3 is 2.65 bits per heavy atom. The summed E-state index contributed by atoms with van der Waals surface area (Å²) in [6.45, 7) is -0.147. The molecule has 0 amide bonds. The van der Waals surface area contributed by atoms with Crippen LogP contribution < -0.4 is 15.4 Å². The molecular weight excluding hydrogens is 460 g/mol. The first kappa shape index (κ1) is 22.5. The molecule has 0 spiro atoms. The van der Waals surface area contributed by atoms with Crippen molar-refractivity contribution in [1.29, 1.82) is 0 Å². The van der Waals surface area contributed by atoms with Gasteiger partial charge in [0.25, 0.3) is 0 Å². The molecule has 0 aliphatic carbocycles. The fourth-order valence-electron chi connectivity index (χ4n) is 4.74. The van der Waals surface area contributed by atoms with Crippen molar-refractivity contribution in [3.8, 4) is 5.88 Å². The van der Waals surface area contributed by atoms with Crippen LogP contribution in [0.15, 0.2) is 41.6 Å². The number of H-pyrrole nitrogens is 1. The normalized spacial score (nSPS) is 22.5. The van der Waals surface area contributed by atoms with E-state index >= 15 is 0 Å². The van der Waals surface area contributed by atoms with Crippen molar-refractivity contribution in [3.05, 3.63) is 42.4 Å². The minimum absolute atomic E-state index is 0.0178. The molecule has 2 bridgehead atoms. The van der Waals surface area contributed by atoms with E-state index in [0.717, 1.165) is 12.8 Å². The number of fused-ring (bicyclic) bond motifs is 2. The molecule has 2 aliphatic rings. The zero-order valence-corrected chi connectivity index (χ0v) is 19.4. The number of anilines is 3. The third-order valence-corrected chi connectivity index (χ3v) is 8.17. The van der Waals surface area contributed by atoms with E-state index in [1.165, 1.54) is 13.3 Å². The van der Waals surface area contributed by atoms with Gasteiger partial charge in [-0.15, -0.1) is 0 Å². The Hall–Kier alpha value is -3.29. The van der Waals surface area contributed by atoms with Crippen molar-refractivity contribution in [3.63, 3.8) is 0 Å². The van der Waals surface area contributed by atoms with E-state index in [0.29, 0.717) is 42.0 Å². The Balaban J connectivity index is 1.31. The maximum absolute atomic E-state index is 13.2. The maximum atomic E-state index is 13.2. The van der Waals surface area contributed by atoms with E-state index in [1.807, 2.05) is 0 Å². The molecule has 5 heterocycles. The van der Waals surface area contributed by atoms with Crippen molar-refractivity contribution in [1.82, 2.24) is 29.5 Å². The maximum Gasteiger partial charge on any atom is 0.245 e. The summed E-state index contributed by atoms with van der Waals surface area (Å²) >= 11 is 0. The Bertz CT molecular complexity index is 1240. The van der Waals surface area contributed by atoms with Crippen molar-refractivity contribution in [2.45, 2.75) is 55.3 Å². The van der Waals surface area contributed by atoms with Gasteiger partial charge in [0.1, 0.15) is 10.7 Å². The molecule has 34 heavy (non-hydrogen) atoms. The van der Waals surface area contributed by atoms with E-state index in [-0.39, 0.29) is 29.6 Å². The number of hydrogen-bond acceptors (Lipinski definition) is 10. The lowest BCUT2D eigenvalue weighted by Crippen LogP contribution is -2.49. The first-order valence-corrected chi connectivity index (χ1v) is 12.5. The van der Waals surface area contributed by atoms with E-state index in [9.17, 15) is 13.5 Å². The Labute approximate surface area is 196 Å². The number of nitrogens with one attached hydrogen (secondary N) is 3. The van der Waals surface area contributed by atoms with Gasteiger partial charge in [0.2, 0.25) is 21.9 Å². The van der Waals surface area contributed by atoms with Crippen LogP contribution in [0.25, 0.3) is 0 Å². The molecule has 1 unspecified atom stereocenters. The molecule has 12 nitrogen and oxygen atoms in total. The molecular formula is C21H26N8O4S. The average Bonchev–Trinajstić information content (AvgIpc) is 3.41. The number of aliphatic hydroxyl groups excluding tert-OH is 1. The number of aliphatic hydroxyl groups is 1. The summed E-state index contributed by atoms with van der Waals surface area (Å²) in [6, 6.07) is 6.39. The molecule has 180 valence electrons. The smallest absolute Gasteiger partial charge is 0.245 e. The largest absolute Gasteiger partial charge is 0.481 e. The molecule has 3 atom stereocenters. The van der Waals surface area contributed by atoms with Crippen LogP contribution in [0.3, 0.4) is 0 Å². The molecule has 2 aliphatic heterocycles. The van der Waals surface area contributed by atoms with E-state index in [2.05, 4.69) is 35.8 Å². The van der Waals surface area contributed by atoms with Crippen LogP contribution in [-0.2, 0) is 16.6 Å². The Morgan fingerprint density at radius 2 is 2.00 bits per heavy atom. The summed E-state index contributed by atoms with van der Waals surface area (Å²) in [7, 11) is -2.07. The molecule has 2 saturated heterocycles. The second kappa shape index (κ2) is 9.16. The van der Waals surface area contributed by atoms with Crippen molar-refractivity contribution < 1.29 is 18.3 Å². The molecule has 0 radical (unpaired) electrons. The molecule has 13 heteroatoms.